The third-order valence-electron chi connectivity index (χ3n) is 5.00. The van der Waals surface area contributed by atoms with Crippen LogP contribution >= 0.6 is 0 Å². The number of benzene rings is 1. The molecular formula is C18H23NO. The van der Waals surface area contributed by atoms with Gasteiger partial charge in [-0.15, -0.1) is 0 Å². The average Bonchev–Trinajstić information content (AvgIpc) is 3.07. The minimum Gasteiger partial charge on any atom is -0.352 e. The number of carbonyl (C=O) groups is 1. The van der Waals surface area contributed by atoms with Crippen molar-refractivity contribution in [3.05, 3.63) is 42.0 Å². The van der Waals surface area contributed by atoms with Gasteiger partial charge in [0.1, 0.15) is 0 Å². The fourth-order valence-electron chi connectivity index (χ4n) is 3.97. The fraction of sp³-hybridized carbons (Fsp3) is 0.500. The molecule has 2 aliphatic rings. The molecule has 1 aromatic carbocycles. The topological polar surface area (TPSA) is 29.1 Å². The number of carbonyl (C=O) groups excluding carboxylic acids is 1. The predicted molar refractivity (Wildman–Crippen MR) is 82.0 cm³/mol. The Kier molecular flexibility index (Phi) is 4.19. The van der Waals surface area contributed by atoms with Crippen LogP contribution in [0.5, 0.6) is 0 Å². The zero-order valence-corrected chi connectivity index (χ0v) is 11.9. The highest BCUT2D eigenvalue weighted by atomic mass is 16.1. The van der Waals surface area contributed by atoms with Crippen molar-refractivity contribution in [1.82, 2.24) is 5.32 Å². The van der Waals surface area contributed by atoms with Gasteiger partial charge < -0.3 is 5.32 Å². The third-order valence-corrected chi connectivity index (χ3v) is 5.00. The van der Waals surface area contributed by atoms with Gasteiger partial charge in [0.25, 0.3) is 0 Å². The quantitative estimate of drug-likeness (QED) is 0.831. The van der Waals surface area contributed by atoms with E-state index in [0.717, 1.165) is 29.9 Å². The zero-order valence-electron chi connectivity index (χ0n) is 11.9. The lowest BCUT2D eigenvalue weighted by atomic mass is 9.92. The van der Waals surface area contributed by atoms with Gasteiger partial charge in [0.15, 0.2) is 0 Å². The van der Waals surface area contributed by atoms with Crippen LogP contribution < -0.4 is 5.32 Å². The molecule has 20 heavy (non-hydrogen) atoms. The van der Waals surface area contributed by atoms with Crippen molar-refractivity contribution in [3.8, 4) is 0 Å². The van der Waals surface area contributed by atoms with Gasteiger partial charge in [0.05, 0.1) is 0 Å². The molecule has 2 heteroatoms. The monoisotopic (exact) mass is 269 g/mol. The molecule has 2 saturated carbocycles. The van der Waals surface area contributed by atoms with Crippen LogP contribution in [0.1, 0.15) is 37.7 Å². The first kappa shape index (κ1) is 13.4. The van der Waals surface area contributed by atoms with Gasteiger partial charge in [-0.25, -0.2) is 0 Å². The standard InChI is InChI=1S/C18H23NO/c20-18(12-9-14-5-2-1-3-6-14)19-13-16-11-10-15-7-4-8-17(15)16/h1-3,5-6,9,12,15-17H,4,7-8,10-11,13H2,(H,19,20)/b12-9+/t15-,16+,17-/m0/s1. The van der Waals surface area contributed by atoms with Gasteiger partial charge in [0.2, 0.25) is 5.91 Å². The summed E-state index contributed by atoms with van der Waals surface area (Å²) < 4.78 is 0. The Hall–Kier alpha value is -1.57. The van der Waals surface area contributed by atoms with E-state index in [1.54, 1.807) is 6.08 Å². The van der Waals surface area contributed by atoms with Crippen molar-refractivity contribution >= 4 is 12.0 Å². The molecule has 0 aromatic heterocycles. The molecule has 0 bridgehead atoms. The van der Waals surface area contributed by atoms with Gasteiger partial charge in [0, 0.05) is 12.6 Å². The summed E-state index contributed by atoms with van der Waals surface area (Å²) in [6.07, 6.45) is 10.4. The molecule has 0 radical (unpaired) electrons. The van der Waals surface area contributed by atoms with Crippen LogP contribution in [0.2, 0.25) is 0 Å². The van der Waals surface area contributed by atoms with E-state index in [4.69, 9.17) is 0 Å². The molecule has 106 valence electrons. The van der Waals surface area contributed by atoms with Gasteiger partial charge in [-0.05, 0) is 48.7 Å². The first-order valence-corrected chi connectivity index (χ1v) is 7.84. The fourth-order valence-corrected chi connectivity index (χ4v) is 3.97. The second kappa shape index (κ2) is 6.25. The maximum atomic E-state index is 11.9. The smallest absolute Gasteiger partial charge is 0.244 e. The second-order valence-electron chi connectivity index (χ2n) is 6.18. The van der Waals surface area contributed by atoms with Gasteiger partial charge in [-0.2, -0.15) is 0 Å². The maximum absolute atomic E-state index is 11.9. The van der Waals surface area contributed by atoms with Crippen LogP contribution in [0.3, 0.4) is 0 Å². The number of fused-ring (bicyclic) bond motifs is 1. The van der Waals surface area contributed by atoms with E-state index in [9.17, 15) is 4.79 Å². The summed E-state index contributed by atoms with van der Waals surface area (Å²) in [5, 5.41) is 3.08. The van der Waals surface area contributed by atoms with Gasteiger partial charge in [-0.3, -0.25) is 4.79 Å². The van der Waals surface area contributed by atoms with E-state index in [2.05, 4.69) is 5.32 Å². The summed E-state index contributed by atoms with van der Waals surface area (Å²) in [4.78, 5) is 11.9. The molecule has 0 unspecified atom stereocenters. The van der Waals surface area contributed by atoms with Crippen LogP contribution in [-0.2, 0) is 4.79 Å². The molecule has 1 N–H and O–H groups in total. The lowest BCUT2D eigenvalue weighted by Gasteiger charge is -2.18. The minimum atomic E-state index is 0.0373. The Morgan fingerprint density at radius 3 is 2.85 bits per heavy atom. The highest BCUT2D eigenvalue weighted by molar-refractivity contribution is 5.91. The Morgan fingerprint density at radius 1 is 1.15 bits per heavy atom. The molecule has 2 fully saturated rings. The van der Waals surface area contributed by atoms with Crippen molar-refractivity contribution < 1.29 is 4.79 Å². The third kappa shape index (κ3) is 3.12. The highest BCUT2D eigenvalue weighted by Crippen LogP contribution is 2.47. The SMILES string of the molecule is O=C(/C=C/c1ccccc1)NC[C@H]1CC[C@@H]2CCC[C@@H]21. The first-order chi connectivity index (χ1) is 9.83. The number of nitrogens with one attached hydrogen (secondary N) is 1. The predicted octanol–water partition coefficient (Wildman–Crippen LogP) is 3.64. The van der Waals surface area contributed by atoms with Crippen molar-refractivity contribution in [3.63, 3.8) is 0 Å². The zero-order chi connectivity index (χ0) is 13.8. The van der Waals surface area contributed by atoms with E-state index in [1.807, 2.05) is 36.4 Å². The number of hydrogen-bond donors (Lipinski definition) is 1. The van der Waals surface area contributed by atoms with Crippen LogP contribution in [0, 0.1) is 17.8 Å². The summed E-state index contributed by atoms with van der Waals surface area (Å²) in [5.41, 5.74) is 1.07. The molecular weight excluding hydrogens is 246 g/mol. The van der Waals surface area contributed by atoms with E-state index in [-0.39, 0.29) is 5.91 Å². The van der Waals surface area contributed by atoms with E-state index < -0.39 is 0 Å². The summed E-state index contributed by atoms with van der Waals surface area (Å²) in [6.45, 7) is 0.860. The molecule has 0 heterocycles. The Balaban J connectivity index is 1.46. The van der Waals surface area contributed by atoms with Crippen LogP contribution in [0.15, 0.2) is 36.4 Å². The molecule has 0 saturated heterocycles. The maximum Gasteiger partial charge on any atom is 0.244 e. The molecule has 3 atom stereocenters. The van der Waals surface area contributed by atoms with Crippen molar-refractivity contribution in [2.75, 3.05) is 6.54 Å². The Bertz CT molecular complexity index is 479. The van der Waals surface area contributed by atoms with Crippen molar-refractivity contribution in [1.29, 1.82) is 0 Å². The van der Waals surface area contributed by atoms with Crippen LogP contribution in [0.4, 0.5) is 0 Å². The highest BCUT2D eigenvalue weighted by Gasteiger charge is 2.38. The van der Waals surface area contributed by atoms with Gasteiger partial charge >= 0.3 is 0 Å². The molecule has 0 spiro atoms. The second-order valence-corrected chi connectivity index (χ2v) is 6.18. The van der Waals surface area contributed by atoms with E-state index in [0.29, 0.717) is 0 Å². The van der Waals surface area contributed by atoms with Crippen molar-refractivity contribution in [2.24, 2.45) is 17.8 Å². The molecule has 1 amide bonds. The van der Waals surface area contributed by atoms with E-state index in [1.165, 1.54) is 32.1 Å². The molecule has 0 aliphatic heterocycles. The van der Waals surface area contributed by atoms with Crippen molar-refractivity contribution in [2.45, 2.75) is 32.1 Å². The lowest BCUT2D eigenvalue weighted by molar-refractivity contribution is -0.116. The first-order valence-electron chi connectivity index (χ1n) is 7.84. The molecule has 2 nitrogen and oxygen atoms in total. The summed E-state index contributed by atoms with van der Waals surface area (Å²) in [6, 6.07) is 9.95. The van der Waals surface area contributed by atoms with Crippen LogP contribution in [0.25, 0.3) is 6.08 Å². The lowest BCUT2D eigenvalue weighted by Crippen LogP contribution is -2.29. The normalized spacial score (nSPS) is 28.7. The Labute approximate surface area is 121 Å². The minimum absolute atomic E-state index is 0.0373. The summed E-state index contributed by atoms with van der Waals surface area (Å²) in [5.74, 6) is 2.59. The summed E-state index contributed by atoms with van der Waals surface area (Å²) in [7, 11) is 0. The number of hydrogen-bond acceptors (Lipinski definition) is 1. The van der Waals surface area contributed by atoms with Gasteiger partial charge in [-0.1, -0.05) is 43.2 Å². The number of amides is 1. The molecule has 3 rings (SSSR count). The van der Waals surface area contributed by atoms with E-state index >= 15 is 0 Å². The largest absolute Gasteiger partial charge is 0.352 e. The average molecular weight is 269 g/mol. The molecule has 1 aromatic rings. The van der Waals surface area contributed by atoms with Crippen LogP contribution in [-0.4, -0.2) is 12.5 Å². The summed E-state index contributed by atoms with van der Waals surface area (Å²) >= 11 is 0. The Morgan fingerprint density at radius 2 is 2.00 bits per heavy atom. The molecule has 2 aliphatic carbocycles. The number of rotatable bonds is 4.